The third-order valence-electron chi connectivity index (χ3n) is 6.67. The van der Waals surface area contributed by atoms with E-state index in [1.165, 1.54) is 12.8 Å². The molecule has 3 N–H and O–H groups in total. The van der Waals surface area contributed by atoms with Gasteiger partial charge in [-0.25, -0.2) is 9.97 Å². The molecule has 1 amide bonds. The minimum Gasteiger partial charge on any atom is -0.352 e. The summed E-state index contributed by atoms with van der Waals surface area (Å²) in [6, 6.07) is 8.05. The number of amides is 1. The monoisotopic (exact) mass is 493 g/mol. The van der Waals surface area contributed by atoms with Crippen molar-refractivity contribution in [1.29, 1.82) is 0 Å². The van der Waals surface area contributed by atoms with E-state index >= 15 is 0 Å². The summed E-state index contributed by atoms with van der Waals surface area (Å²) in [6.45, 7) is 13.6. The number of benzene rings is 1. The van der Waals surface area contributed by atoms with Gasteiger partial charge in [0, 0.05) is 43.4 Å². The van der Waals surface area contributed by atoms with Gasteiger partial charge in [-0.05, 0) is 76.9 Å². The lowest BCUT2D eigenvalue weighted by Gasteiger charge is -2.32. The van der Waals surface area contributed by atoms with Crippen molar-refractivity contribution in [2.75, 3.05) is 26.2 Å². The summed E-state index contributed by atoms with van der Waals surface area (Å²) < 4.78 is 0. The van der Waals surface area contributed by atoms with Crippen LogP contribution in [0.1, 0.15) is 93.0 Å². The van der Waals surface area contributed by atoms with E-state index < -0.39 is 0 Å². The van der Waals surface area contributed by atoms with E-state index in [1.807, 2.05) is 36.7 Å². The summed E-state index contributed by atoms with van der Waals surface area (Å²) in [5.74, 6) is 1.82. The van der Waals surface area contributed by atoms with Crippen molar-refractivity contribution in [3.63, 3.8) is 0 Å². The maximum atomic E-state index is 12.7. The maximum absolute atomic E-state index is 12.7. The second kappa shape index (κ2) is 14.6. The van der Waals surface area contributed by atoms with Crippen LogP contribution in [0.15, 0.2) is 49.1 Å². The Balaban J connectivity index is 1.53. The summed E-state index contributed by atoms with van der Waals surface area (Å²) in [6.07, 6.45) is 11.7. The quantitative estimate of drug-likeness (QED) is 0.242. The molecular formula is C28H43N7O. The molecule has 2 atom stereocenters. The maximum Gasteiger partial charge on any atom is 0.251 e. The predicted molar refractivity (Wildman–Crippen MR) is 145 cm³/mol. The zero-order valence-corrected chi connectivity index (χ0v) is 22.3. The average Bonchev–Trinajstić information content (AvgIpc) is 3.62. The van der Waals surface area contributed by atoms with Crippen molar-refractivity contribution in [2.45, 2.75) is 72.0 Å². The topological polar surface area (TPSA) is 92.9 Å². The molecule has 0 aliphatic heterocycles. The first-order valence-electron chi connectivity index (χ1n) is 13.4. The van der Waals surface area contributed by atoms with Gasteiger partial charge in [0.1, 0.15) is 11.6 Å². The molecule has 2 heterocycles. The zero-order chi connectivity index (χ0) is 25.8. The largest absolute Gasteiger partial charge is 0.352 e. The summed E-state index contributed by atoms with van der Waals surface area (Å²) in [5.41, 5.74) is 1.83. The highest BCUT2D eigenvalue weighted by atomic mass is 16.1. The summed E-state index contributed by atoms with van der Waals surface area (Å²) >= 11 is 0. The lowest BCUT2D eigenvalue weighted by Crippen LogP contribution is -2.31. The number of aromatic amines is 2. The number of hydrogen-bond acceptors (Lipinski definition) is 5. The van der Waals surface area contributed by atoms with E-state index in [1.54, 1.807) is 12.4 Å². The molecule has 1 aromatic carbocycles. The second-order valence-electron chi connectivity index (χ2n) is 9.47. The highest BCUT2D eigenvalue weighted by Gasteiger charge is 2.26. The number of H-pyrrole nitrogens is 2. The van der Waals surface area contributed by atoms with Crippen LogP contribution in [0.2, 0.25) is 0 Å². The first-order chi connectivity index (χ1) is 17.5. The molecule has 36 heavy (non-hydrogen) atoms. The van der Waals surface area contributed by atoms with Crippen LogP contribution in [-0.2, 0) is 6.54 Å². The molecule has 0 aliphatic carbocycles. The number of carbonyl (C=O) groups excluding carboxylic acids is 1. The van der Waals surface area contributed by atoms with Crippen molar-refractivity contribution in [3.8, 4) is 0 Å². The highest BCUT2D eigenvalue weighted by molar-refractivity contribution is 5.94. The molecule has 3 rings (SSSR count). The van der Waals surface area contributed by atoms with Gasteiger partial charge < -0.3 is 20.2 Å². The summed E-state index contributed by atoms with van der Waals surface area (Å²) in [5, 5.41) is 3.08. The molecule has 0 radical (unpaired) electrons. The van der Waals surface area contributed by atoms with Crippen molar-refractivity contribution < 1.29 is 4.79 Å². The molecular weight excluding hydrogens is 450 g/mol. The molecule has 0 bridgehead atoms. The summed E-state index contributed by atoms with van der Waals surface area (Å²) in [7, 11) is 0. The van der Waals surface area contributed by atoms with Gasteiger partial charge in [-0.1, -0.05) is 26.0 Å². The van der Waals surface area contributed by atoms with Crippen molar-refractivity contribution in [1.82, 2.24) is 35.1 Å². The Morgan fingerprint density at radius 1 is 0.889 bits per heavy atom. The summed E-state index contributed by atoms with van der Waals surface area (Å²) in [4.78, 5) is 32.9. The third-order valence-corrected chi connectivity index (χ3v) is 6.67. The number of hydrogen-bond donors (Lipinski definition) is 3. The fourth-order valence-electron chi connectivity index (χ4n) is 4.64. The third kappa shape index (κ3) is 8.03. The molecule has 3 aromatic rings. The minimum atomic E-state index is -0.00899. The van der Waals surface area contributed by atoms with E-state index in [0.717, 1.165) is 49.7 Å². The standard InChI is InChI=1S/C28H43N7O/c1-5-18-34(19-6-2)20-8-7-13-33-28(36)25-11-9-24(10-12-25)21-35(22(3)26-29-14-15-30-26)23(4)27-31-16-17-32-27/h9-12,14-17,22-23H,5-8,13,18-21H2,1-4H3,(H,29,30)(H,31,32)(H,33,36). The fraction of sp³-hybridized carbons (Fsp3) is 0.536. The van der Waals surface area contributed by atoms with Gasteiger partial charge in [0.2, 0.25) is 0 Å². The van der Waals surface area contributed by atoms with Gasteiger partial charge in [0.15, 0.2) is 0 Å². The van der Waals surface area contributed by atoms with Crippen LogP contribution in [0.4, 0.5) is 0 Å². The molecule has 0 spiro atoms. The highest BCUT2D eigenvalue weighted by Crippen LogP contribution is 2.29. The van der Waals surface area contributed by atoms with Gasteiger partial charge in [-0.3, -0.25) is 9.69 Å². The molecule has 0 fully saturated rings. The Kier molecular flexibility index (Phi) is 11.2. The van der Waals surface area contributed by atoms with Crippen LogP contribution in [0.3, 0.4) is 0 Å². The number of carbonyl (C=O) groups is 1. The predicted octanol–water partition coefficient (Wildman–Crippen LogP) is 5.09. The molecule has 0 saturated heterocycles. The first-order valence-corrected chi connectivity index (χ1v) is 13.4. The number of imidazole rings is 2. The van der Waals surface area contributed by atoms with Crippen LogP contribution >= 0.6 is 0 Å². The lowest BCUT2D eigenvalue weighted by atomic mass is 10.1. The fourth-order valence-corrected chi connectivity index (χ4v) is 4.64. The Morgan fingerprint density at radius 3 is 1.97 bits per heavy atom. The molecule has 0 aliphatic rings. The van der Waals surface area contributed by atoms with Crippen LogP contribution in [-0.4, -0.2) is 61.8 Å². The number of rotatable bonds is 16. The number of nitrogens with one attached hydrogen (secondary N) is 3. The Bertz CT molecular complexity index is 939. The molecule has 0 saturated carbocycles. The van der Waals surface area contributed by atoms with E-state index in [-0.39, 0.29) is 18.0 Å². The van der Waals surface area contributed by atoms with E-state index in [9.17, 15) is 4.79 Å². The SMILES string of the molecule is CCCN(CCC)CCCCNC(=O)c1ccc(CN(C(C)c2ncc[nH]2)C(C)c2ncc[nH]2)cc1. The van der Waals surface area contributed by atoms with Crippen molar-refractivity contribution in [2.24, 2.45) is 0 Å². The zero-order valence-electron chi connectivity index (χ0n) is 22.3. The molecule has 8 nitrogen and oxygen atoms in total. The van der Waals surface area contributed by atoms with Crippen molar-refractivity contribution >= 4 is 5.91 Å². The van der Waals surface area contributed by atoms with Crippen molar-refractivity contribution in [3.05, 3.63) is 71.8 Å². The van der Waals surface area contributed by atoms with E-state index in [0.29, 0.717) is 18.7 Å². The van der Waals surface area contributed by atoms with Crippen LogP contribution < -0.4 is 5.32 Å². The Hall–Kier alpha value is -2.97. The van der Waals surface area contributed by atoms with Crippen LogP contribution in [0.25, 0.3) is 0 Å². The molecule has 2 unspecified atom stereocenters. The molecule has 196 valence electrons. The van der Waals surface area contributed by atoms with Gasteiger partial charge in [-0.2, -0.15) is 0 Å². The minimum absolute atomic E-state index is 0.00899. The molecule has 2 aromatic heterocycles. The van der Waals surface area contributed by atoms with Crippen LogP contribution in [0, 0.1) is 0 Å². The number of unbranched alkanes of at least 4 members (excludes halogenated alkanes) is 1. The smallest absolute Gasteiger partial charge is 0.251 e. The lowest BCUT2D eigenvalue weighted by molar-refractivity contribution is 0.0952. The van der Waals surface area contributed by atoms with Gasteiger partial charge in [0.25, 0.3) is 5.91 Å². The normalized spacial score (nSPS) is 13.3. The molecule has 8 heteroatoms. The second-order valence-corrected chi connectivity index (χ2v) is 9.47. The van der Waals surface area contributed by atoms with Gasteiger partial charge >= 0.3 is 0 Å². The van der Waals surface area contributed by atoms with E-state index in [4.69, 9.17) is 0 Å². The van der Waals surface area contributed by atoms with Gasteiger partial charge in [-0.15, -0.1) is 0 Å². The first kappa shape index (κ1) is 27.6. The van der Waals surface area contributed by atoms with Gasteiger partial charge in [0.05, 0.1) is 12.1 Å². The number of nitrogens with zero attached hydrogens (tertiary/aromatic N) is 4. The average molecular weight is 494 g/mol. The number of aromatic nitrogens is 4. The Labute approximate surface area is 215 Å². The van der Waals surface area contributed by atoms with E-state index in [2.05, 4.69) is 62.7 Å². The Morgan fingerprint density at radius 2 is 1.47 bits per heavy atom. The van der Waals surface area contributed by atoms with Crippen LogP contribution in [0.5, 0.6) is 0 Å².